The van der Waals surface area contributed by atoms with Gasteiger partial charge in [-0.25, -0.2) is 0 Å². The fourth-order valence-electron chi connectivity index (χ4n) is 2.89. The monoisotopic (exact) mass is 338 g/mol. The maximum Gasteiger partial charge on any atom is 0.227 e. The van der Waals surface area contributed by atoms with Crippen molar-refractivity contribution in [2.24, 2.45) is 5.41 Å². The molecule has 1 amide bonds. The molecule has 1 aromatic rings. The van der Waals surface area contributed by atoms with Crippen molar-refractivity contribution in [2.75, 3.05) is 19.6 Å². The van der Waals surface area contributed by atoms with Crippen LogP contribution in [0.15, 0.2) is 24.3 Å². The number of carbonyl (C=O) groups excluding carboxylic acids is 1. The summed E-state index contributed by atoms with van der Waals surface area (Å²) in [6.07, 6.45) is 1.21. The molecule has 1 heterocycles. The van der Waals surface area contributed by atoms with Crippen LogP contribution in [0.5, 0.6) is 0 Å². The van der Waals surface area contributed by atoms with Crippen molar-refractivity contribution >= 4 is 17.5 Å². The van der Waals surface area contributed by atoms with Gasteiger partial charge in [-0.05, 0) is 18.9 Å². The average molecular weight is 339 g/mol. The Labute approximate surface area is 143 Å². The number of likely N-dealkylation sites (tertiary alicyclic amines) is 1. The van der Waals surface area contributed by atoms with Crippen LogP contribution in [0.2, 0.25) is 5.02 Å². The molecule has 5 heteroatoms. The molecular weight excluding hydrogens is 312 g/mol. The second-order valence-corrected chi connectivity index (χ2v) is 7.67. The number of aliphatic hydroxyl groups excluding tert-OH is 1. The van der Waals surface area contributed by atoms with Crippen LogP contribution in [-0.4, -0.2) is 41.6 Å². The van der Waals surface area contributed by atoms with E-state index in [1.807, 2.05) is 43.9 Å². The number of piperidine rings is 1. The first kappa shape index (κ1) is 18.2. The van der Waals surface area contributed by atoms with Crippen molar-refractivity contribution in [3.8, 4) is 0 Å². The van der Waals surface area contributed by atoms with Crippen molar-refractivity contribution in [3.05, 3.63) is 34.9 Å². The van der Waals surface area contributed by atoms with Crippen LogP contribution in [0.3, 0.4) is 0 Å². The van der Waals surface area contributed by atoms with Gasteiger partial charge in [-0.2, -0.15) is 0 Å². The van der Waals surface area contributed by atoms with Gasteiger partial charge in [0, 0.05) is 41.7 Å². The lowest BCUT2D eigenvalue weighted by molar-refractivity contribution is -0.140. The first-order valence-electron chi connectivity index (χ1n) is 8.24. The predicted molar refractivity (Wildman–Crippen MR) is 93.5 cm³/mol. The van der Waals surface area contributed by atoms with Crippen molar-refractivity contribution < 1.29 is 9.90 Å². The van der Waals surface area contributed by atoms with Gasteiger partial charge in [0.05, 0.1) is 6.10 Å². The molecule has 1 fully saturated rings. The molecule has 23 heavy (non-hydrogen) atoms. The SMILES string of the molecule is CC(C)(C)C(=O)N1CCC(NCC(O)c2ccccc2Cl)CC1. The first-order chi connectivity index (χ1) is 10.8. The molecule has 0 saturated carbocycles. The van der Waals surface area contributed by atoms with E-state index in [0.29, 0.717) is 17.6 Å². The molecule has 1 atom stereocenters. The second-order valence-electron chi connectivity index (χ2n) is 7.26. The summed E-state index contributed by atoms with van der Waals surface area (Å²) in [6, 6.07) is 7.70. The van der Waals surface area contributed by atoms with Gasteiger partial charge in [-0.15, -0.1) is 0 Å². The predicted octanol–water partition coefficient (Wildman–Crippen LogP) is 3.00. The molecule has 0 radical (unpaired) electrons. The number of aliphatic hydroxyl groups is 1. The van der Waals surface area contributed by atoms with Crippen LogP contribution >= 0.6 is 11.6 Å². The molecule has 2 rings (SSSR count). The number of rotatable bonds is 4. The summed E-state index contributed by atoms with van der Waals surface area (Å²) >= 11 is 6.11. The lowest BCUT2D eigenvalue weighted by atomic mass is 9.93. The summed E-state index contributed by atoms with van der Waals surface area (Å²) in [5, 5.41) is 14.3. The molecule has 4 nitrogen and oxygen atoms in total. The third kappa shape index (κ3) is 4.93. The van der Waals surface area contributed by atoms with Crippen molar-refractivity contribution in [1.82, 2.24) is 10.2 Å². The molecule has 1 aliphatic rings. The minimum atomic E-state index is -0.613. The van der Waals surface area contributed by atoms with Crippen LogP contribution in [0.1, 0.15) is 45.3 Å². The summed E-state index contributed by atoms with van der Waals surface area (Å²) in [5.41, 5.74) is 0.433. The highest BCUT2D eigenvalue weighted by Gasteiger charge is 2.30. The van der Waals surface area contributed by atoms with E-state index in [1.165, 1.54) is 0 Å². The Morgan fingerprint density at radius 2 is 1.96 bits per heavy atom. The lowest BCUT2D eigenvalue weighted by Crippen LogP contribution is -2.48. The number of halogens is 1. The van der Waals surface area contributed by atoms with E-state index in [1.54, 1.807) is 6.07 Å². The van der Waals surface area contributed by atoms with E-state index in [0.717, 1.165) is 31.5 Å². The van der Waals surface area contributed by atoms with Crippen molar-refractivity contribution in [1.29, 1.82) is 0 Å². The van der Waals surface area contributed by atoms with Gasteiger partial charge in [0.25, 0.3) is 0 Å². The van der Waals surface area contributed by atoms with Crippen LogP contribution in [-0.2, 0) is 4.79 Å². The smallest absolute Gasteiger partial charge is 0.227 e. The number of hydrogen-bond acceptors (Lipinski definition) is 3. The average Bonchev–Trinajstić information content (AvgIpc) is 2.52. The Morgan fingerprint density at radius 3 is 2.52 bits per heavy atom. The van der Waals surface area contributed by atoms with E-state index in [2.05, 4.69) is 5.32 Å². The molecule has 0 aromatic heterocycles. The molecule has 1 unspecified atom stereocenters. The number of hydrogen-bond donors (Lipinski definition) is 2. The van der Waals surface area contributed by atoms with E-state index in [4.69, 9.17) is 11.6 Å². The molecule has 0 bridgehead atoms. The Morgan fingerprint density at radius 1 is 1.35 bits per heavy atom. The number of benzene rings is 1. The second kappa shape index (κ2) is 7.65. The highest BCUT2D eigenvalue weighted by atomic mass is 35.5. The molecule has 0 spiro atoms. The fraction of sp³-hybridized carbons (Fsp3) is 0.611. The van der Waals surface area contributed by atoms with E-state index in [9.17, 15) is 9.90 Å². The van der Waals surface area contributed by atoms with Gasteiger partial charge >= 0.3 is 0 Å². The molecule has 0 aliphatic carbocycles. The van der Waals surface area contributed by atoms with Crippen LogP contribution in [0.4, 0.5) is 0 Å². The van der Waals surface area contributed by atoms with Crippen LogP contribution in [0, 0.1) is 5.41 Å². The summed E-state index contributed by atoms with van der Waals surface area (Å²) in [7, 11) is 0. The van der Waals surface area contributed by atoms with Gasteiger partial charge in [0.2, 0.25) is 5.91 Å². The minimum Gasteiger partial charge on any atom is -0.387 e. The fourth-order valence-corrected chi connectivity index (χ4v) is 3.16. The molecule has 1 saturated heterocycles. The first-order valence-corrected chi connectivity index (χ1v) is 8.62. The van der Waals surface area contributed by atoms with Gasteiger partial charge in [-0.1, -0.05) is 50.6 Å². The summed E-state index contributed by atoms with van der Waals surface area (Å²) in [6.45, 7) is 7.90. The van der Waals surface area contributed by atoms with E-state index < -0.39 is 6.10 Å². The van der Waals surface area contributed by atoms with Crippen LogP contribution in [0.25, 0.3) is 0 Å². The largest absolute Gasteiger partial charge is 0.387 e. The third-order valence-electron chi connectivity index (χ3n) is 4.29. The zero-order valence-electron chi connectivity index (χ0n) is 14.2. The highest BCUT2D eigenvalue weighted by molar-refractivity contribution is 6.31. The van der Waals surface area contributed by atoms with Gasteiger partial charge in [0.15, 0.2) is 0 Å². The van der Waals surface area contributed by atoms with Crippen LogP contribution < -0.4 is 5.32 Å². The van der Waals surface area contributed by atoms with E-state index in [-0.39, 0.29) is 11.3 Å². The Bertz CT molecular complexity index is 534. The summed E-state index contributed by atoms with van der Waals surface area (Å²) in [5.74, 6) is 0.215. The molecule has 1 aromatic carbocycles. The summed E-state index contributed by atoms with van der Waals surface area (Å²) in [4.78, 5) is 14.2. The maximum absolute atomic E-state index is 12.3. The molecular formula is C18H27ClN2O2. The Hall–Kier alpha value is -1.10. The topological polar surface area (TPSA) is 52.6 Å². The number of carbonyl (C=O) groups is 1. The quantitative estimate of drug-likeness (QED) is 0.887. The summed E-state index contributed by atoms with van der Waals surface area (Å²) < 4.78 is 0. The zero-order valence-corrected chi connectivity index (χ0v) is 14.9. The van der Waals surface area contributed by atoms with Gasteiger partial charge in [-0.3, -0.25) is 4.79 Å². The Balaban J connectivity index is 1.79. The van der Waals surface area contributed by atoms with Crippen molar-refractivity contribution in [2.45, 2.75) is 45.8 Å². The highest BCUT2D eigenvalue weighted by Crippen LogP contribution is 2.23. The maximum atomic E-state index is 12.3. The van der Waals surface area contributed by atoms with Gasteiger partial charge in [0.1, 0.15) is 0 Å². The lowest BCUT2D eigenvalue weighted by Gasteiger charge is -2.36. The minimum absolute atomic E-state index is 0.215. The standard InChI is InChI=1S/C18H27ClN2O2/c1-18(2,3)17(23)21-10-8-13(9-11-21)20-12-16(22)14-6-4-5-7-15(14)19/h4-7,13,16,20,22H,8-12H2,1-3H3. The molecule has 128 valence electrons. The number of amides is 1. The normalized spacial score (nSPS) is 18.0. The number of nitrogens with one attached hydrogen (secondary N) is 1. The van der Waals surface area contributed by atoms with E-state index >= 15 is 0 Å². The molecule has 1 aliphatic heterocycles. The molecule has 2 N–H and O–H groups in total. The zero-order chi connectivity index (χ0) is 17.0. The Kier molecular flexibility index (Phi) is 6.06. The number of nitrogens with zero attached hydrogens (tertiary/aromatic N) is 1. The van der Waals surface area contributed by atoms with Crippen molar-refractivity contribution in [3.63, 3.8) is 0 Å². The third-order valence-corrected chi connectivity index (χ3v) is 4.63. The van der Waals surface area contributed by atoms with Gasteiger partial charge < -0.3 is 15.3 Å².